The first-order valence-corrected chi connectivity index (χ1v) is 4.82. The molecule has 1 rings (SSSR count). The topological polar surface area (TPSA) is 35.5 Å². The highest BCUT2D eigenvalue weighted by atomic mass is 35.7. The molecule has 0 atom stereocenters. The Morgan fingerprint density at radius 2 is 1.67 bits per heavy atom. The van der Waals surface area contributed by atoms with E-state index in [1.54, 1.807) is 13.8 Å². The van der Waals surface area contributed by atoms with Crippen molar-refractivity contribution in [1.29, 1.82) is 0 Å². The first-order valence-electron chi connectivity index (χ1n) is 2.38. The zero-order valence-electron chi connectivity index (χ0n) is 5.05. The van der Waals surface area contributed by atoms with Crippen LogP contribution < -0.4 is 0 Å². The van der Waals surface area contributed by atoms with Gasteiger partial charge in [0.1, 0.15) is 11.5 Å². The molecule has 1 aliphatic heterocycles. The summed E-state index contributed by atoms with van der Waals surface area (Å²) in [6, 6.07) is 0. The van der Waals surface area contributed by atoms with Crippen LogP contribution in [0.15, 0.2) is 11.5 Å². The van der Waals surface area contributed by atoms with Gasteiger partial charge in [-0.1, -0.05) is 0 Å². The molecule has 0 saturated heterocycles. The lowest BCUT2D eigenvalue weighted by molar-refractivity contribution is 0.373. The minimum Gasteiger partial charge on any atom is -0.406 e. The van der Waals surface area contributed by atoms with Crippen LogP contribution in [0, 0.1) is 0 Å². The van der Waals surface area contributed by atoms with Crippen molar-refractivity contribution in [1.82, 2.24) is 0 Å². The molecule has 1 aliphatic rings. The van der Waals surface area contributed by atoms with Crippen molar-refractivity contribution < 1.29 is 13.6 Å². The molecule has 0 bridgehead atoms. The summed E-state index contributed by atoms with van der Waals surface area (Å²) in [5.41, 5.74) is 0. The van der Waals surface area contributed by atoms with E-state index in [0.29, 0.717) is 11.5 Å². The van der Waals surface area contributed by atoms with Gasteiger partial charge >= 0.3 is 6.95 Å². The predicted molar refractivity (Wildman–Crippen MR) is 34.0 cm³/mol. The zero-order chi connectivity index (χ0) is 7.07. The molecule has 0 aromatic heterocycles. The van der Waals surface area contributed by atoms with Gasteiger partial charge in [0.15, 0.2) is 0 Å². The summed E-state index contributed by atoms with van der Waals surface area (Å²) in [5, 5.41) is 0. The lowest BCUT2D eigenvalue weighted by Crippen LogP contribution is -1.70. The maximum Gasteiger partial charge on any atom is 0.529 e. The minimum absolute atomic E-state index is 0.494. The van der Waals surface area contributed by atoms with Crippen LogP contribution in [0.1, 0.15) is 13.8 Å². The molecule has 0 radical (unpaired) electrons. The predicted octanol–water partition coefficient (Wildman–Crippen LogP) is 2.63. The number of allylic oxidation sites excluding steroid dienone is 2. The van der Waals surface area contributed by atoms with Crippen molar-refractivity contribution in [3.63, 3.8) is 0 Å². The summed E-state index contributed by atoms with van der Waals surface area (Å²) in [7, 11) is 0. The highest BCUT2D eigenvalue weighted by molar-refractivity contribution is 7.81. The maximum absolute atomic E-state index is 10.7. The second-order valence-corrected chi connectivity index (χ2v) is 4.19. The molecule has 0 saturated carbocycles. The monoisotopic (exact) mass is 168 g/mol. The van der Waals surface area contributed by atoms with Crippen LogP contribution in [0.2, 0.25) is 0 Å². The second-order valence-electron chi connectivity index (χ2n) is 1.73. The van der Waals surface area contributed by atoms with Crippen molar-refractivity contribution in [3.05, 3.63) is 11.5 Å². The fourth-order valence-corrected chi connectivity index (χ4v) is 2.04. The van der Waals surface area contributed by atoms with E-state index in [9.17, 15) is 4.57 Å². The third kappa shape index (κ3) is 1.41. The summed E-state index contributed by atoms with van der Waals surface area (Å²) in [4.78, 5) is 0. The minimum atomic E-state index is -3.26. The summed E-state index contributed by atoms with van der Waals surface area (Å²) >= 11 is 5.23. The Morgan fingerprint density at radius 3 is 1.78 bits per heavy atom. The molecular weight excluding hydrogens is 162 g/mol. The quantitative estimate of drug-likeness (QED) is 0.522. The van der Waals surface area contributed by atoms with Gasteiger partial charge < -0.3 is 9.05 Å². The maximum atomic E-state index is 10.7. The van der Waals surface area contributed by atoms with Gasteiger partial charge in [0, 0.05) is 11.2 Å². The van der Waals surface area contributed by atoms with E-state index in [1.807, 2.05) is 0 Å². The molecule has 0 spiro atoms. The summed E-state index contributed by atoms with van der Waals surface area (Å²) in [6.07, 6.45) is 0. The summed E-state index contributed by atoms with van der Waals surface area (Å²) in [5.74, 6) is 0.988. The molecule has 52 valence electrons. The summed E-state index contributed by atoms with van der Waals surface area (Å²) < 4.78 is 20.0. The fraction of sp³-hybridized carbons (Fsp3) is 0.500. The molecule has 0 N–H and O–H groups in total. The molecule has 0 unspecified atom stereocenters. The fourth-order valence-electron chi connectivity index (χ4n) is 0.474. The first-order chi connectivity index (χ1) is 4.01. The van der Waals surface area contributed by atoms with E-state index in [1.165, 1.54) is 0 Å². The van der Waals surface area contributed by atoms with Gasteiger partial charge in [-0.25, -0.2) is 4.57 Å². The van der Waals surface area contributed by atoms with Gasteiger partial charge in [-0.2, -0.15) is 0 Å². The average molecular weight is 169 g/mol. The molecule has 0 fully saturated rings. The molecular formula is C4H6ClO3P. The van der Waals surface area contributed by atoms with Crippen molar-refractivity contribution >= 4 is 18.2 Å². The number of halogens is 1. The van der Waals surface area contributed by atoms with Gasteiger partial charge in [-0.05, 0) is 13.8 Å². The van der Waals surface area contributed by atoms with Crippen LogP contribution in [0.4, 0.5) is 0 Å². The van der Waals surface area contributed by atoms with Crippen LogP contribution >= 0.6 is 18.2 Å². The molecule has 9 heavy (non-hydrogen) atoms. The number of hydrogen-bond donors (Lipinski definition) is 0. The molecule has 0 amide bonds. The van der Waals surface area contributed by atoms with Gasteiger partial charge in [0.2, 0.25) is 0 Å². The molecule has 1 heterocycles. The Morgan fingerprint density at radius 1 is 1.33 bits per heavy atom. The number of rotatable bonds is 0. The highest BCUT2D eigenvalue weighted by Gasteiger charge is 2.32. The normalized spacial score (nSPS) is 23.4. The average Bonchev–Trinajstić information content (AvgIpc) is 1.79. The lowest BCUT2D eigenvalue weighted by atomic mass is 10.5. The van der Waals surface area contributed by atoms with Gasteiger partial charge in [-0.3, -0.25) is 0 Å². The van der Waals surface area contributed by atoms with E-state index in [-0.39, 0.29) is 0 Å². The molecule has 5 heteroatoms. The molecule has 0 aromatic carbocycles. The molecule has 3 nitrogen and oxygen atoms in total. The Hall–Kier alpha value is -0.140. The van der Waals surface area contributed by atoms with Crippen LogP contribution in [-0.4, -0.2) is 0 Å². The second kappa shape index (κ2) is 1.93. The van der Waals surface area contributed by atoms with E-state index in [2.05, 4.69) is 9.05 Å². The SMILES string of the molecule is CC1=C(C)OP(=O)(Cl)O1. The van der Waals surface area contributed by atoms with Gasteiger partial charge in [0.25, 0.3) is 0 Å². The molecule has 0 aromatic rings. The zero-order valence-corrected chi connectivity index (χ0v) is 6.70. The van der Waals surface area contributed by atoms with Crippen molar-refractivity contribution in [2.75, 3.05) is 0 Å². The van der Waals surface area contributed by atoms with E-state index >= 15 is 0 Å². The van der Waals surface area contributed by atoms with E-state index in [4.69, 9.17) is 11.2 Å². The Balaban J connectivity index is 2.82. The highest BCUT2D eigenvalue weighted by Crippen LogP contribution is 2.61. The van der Waals surface area contributed by atoms with Crippen LogP contribution in [0.3, 0.4) is 0 Å². The van der Waals surface area contributed by atoms with Crippen molar-refractivity contribution in [2.45, 2.75) is 13.8 Å². The van der Waals surface area contributed by atoms with E-state index in [0.717, 1.165) is 0 Å². The Bertz CT molecular complexity index is 192. The third-order valence-corrected chi connectivity index (χ3v) is 2.39. The number of hydrogen-bond acceptors (Lipinski definition) is 3. The first kappa shape index (κ1) is 6.97. The van der Waals surface area contributed by atoms with Crippen molar-refractivity contribution in [2.24, 2.45) is 0 Å². The lowest BCUT2D eigenvalue weighted by Gasteiger charge is -1.98. The Kier molecular flexibility index (Phi) is 1.49. The molecule has 0 aliphatic carbocycles. The van der Waals surface area contributed by atoms with Crippen LogP contribution in [0.5, 0.6) is 0 Å². The van der Waals surface area contributed by atoms with Crippen LogP contribution in [-0.2, 0) is 13.6 Å². The van der Waals surface area contributed by atoms with Gasteiger partial charge in [0.05, 0.1) is 0 Å². The Labute approximate surface area is 57.9 Å². The third-order valence-electron chi connectivity index (χ3n) is 0.988. The smallest absolute Gasteiger partial charge is 0.406 e. The summed E-state index contributed by atoms with van der Waals surface area (Å²) in [6.45, 7) is 0.0430. The standard InChI is InChI=1S/C4H6ClO3P/c1-3-4(2)8-9(5,6)7-3/h1-2H3. The van der Waals surface area contributed by atoms with E-state index < -0.39 is 6.95 Å². The largest absolute Gasteiger partial charge is 0.529 e. The van der Waals surface area contributed by atoms with Gasteiger partial charge in [-0.15, -0.1) is 0 Å². The van der Waals surface area contributed by atoms with Crippen molar-refractivity contribution in [3.8, 4) is 0 Å². The van der Waals surface area contributed by atoms with Crippen LogP contribution in [0.25, 0.3) is 0 Å².